The van der Waals surface area contributed by atoms with E-state index in [1.54, 1.807) is 16.2 Å². The highest BCUT2D eigenvalue weighted by Gasteiger charge is 2.51. The Labute approximate surface area is 138 Å². The van der Waals surface area contributed by atoms with Gasteiger partial charge >= 0.3 is 6.03 Å². The zero-order valence-electron chi connectivity index (χ0n) is 13.0. The molecule has 6 nitrogen and oxygen atoms in total. The fourth-order valence-electron chi connectivity index (χ4n) is 3.83. The number of fused-ring (bicyclic) bond motifs is 1. The van der Waals surface area contributed by atoms with E-state index in [4.69, 9.17) is 0 Å². The van der Waals surface area contributed by atoms with Crippen molar-refractivity contribution in [3.63, 3.8) is 0 Å². The molecule has 23 heavy (non-hydrogen) atoms. The molecular formula is C16H19N3O3S. The van der Waals surface area contributed by atoms with Crippen molar-refractivity contribution in [2.45, 2.75) is 38.1 Å². The lowest BCUT2D eigenvalue weighted by atomic mass is 9.88. The molecule has 2 N–H and O–H groups in total. The quantitative estimate of drug-likeness (QED) is 0.760. The average Bonchev–Trinajstić information content (AvgIpc) is 3.17. The van der Waals surface area contributed by atoms with Crippen molar-refractivity contribution in [3.8, 4) is 0 Å². The van der Waals surface area contributed by atoms with Gasteiger partial charge in [0.05, 0.1) is 12.1 Å². The molecule has 7 heteroatoms. The third-order valence-corrected chi connectivity index (χ3v) is 6.25. The molecule has 1 aromatic heterocycles. The Kier molecular flexibility index (Phi) is 3.23. The predicted molar refractivity (Wildman–Crippen MR) is 85.4 cm³/mol. The molecule has 2 saturated heterocycles. The fraction of sp³-hybridized carbons (Fsp3) is 0.562. The Morgan fingerprint density at radius 1 is 1.43 bits per heavy atom. The monoisotopic (exact) mass is 333 g/mol. The van der Waals surface area contributed by atoms with Crippen LogP contribution in [0.25, 0.3) is 0 Å². The van der Waals surface area contributed by atoms with Gasteiger partial charge in [0.1, 0.15) is 5.54 Å². The Bertz CT molecular complexity index is 713. The summed E-state index contributed by atoms with van der Waals surface area (Å²) in [7, 11) is 0. The first-order chi connectivity index (χ1) is 11.0. The summed E-state index contributed by atoms with van der Waals surface area (Å²) in [4.78, 5) is 39.3. The fourth-order valence-corrected chi connectivity index (χ4v) is 5.06. The largest absolute Gasteiger partial charge is 0.336 e. The van der Waals surface area contributed by atoms with Gasteiger partial charge in [-0.3, -0.25) is 14.9 Å². The van der Waals surface area contributed by atoms with Gasteiger partial charge in [-0.15, -0.1) is 11.3 Å². The summed E-state index contributed by atoms with van der Waals surface area (Å²) in [6, 6.07) is -0.466. The zero-order valence-corrected chi connectivity index (χ0v) is 13.8. The number of rotatable bonds is 1. The summed E-state index contributed by atoms with van der Waals surface area (Å²) in [6.07, 6.45) is 3.60. The number of hydrogen-bond donors (Lipinski definition) is 2. The van der Waals surface area contributed by atoms with Crippen LogP contribution in [-0.2, 0) is 17.6 Å². The van der Waals surface area contributed by atoms with Crippen molar-refractivity contribution in [1.82, 2.24) is 15.5 Å². The Balaban J connectivity index is 1.55. The molecule has 0 radical (unpaired) electrons. The number of carbonyl (C=O) groups is 3. The first kappa shape index (κ1) is 14.7. The smallest absolute Gasteiger partial charge is 0.322 e. The standard InChI is InChI=1S/C16H19N3O3S/c1-9-2-3-10-11(7-23-12(10)6-9)13(20)19-5-4-16(8-19)14(21)17-15(22)18-16/h7,9H,2-6,8H2,1H3,(H2,17,18,21,22)/t9-,16+/m0/s1. The minimum Gasteiger partial charge on any atom is -0.336 e. The molecule has 1 aromatic rings. The van der Waals surface area contributed by atoms with Crippen molar-refractivity contribution in [3.05, 3.63) is 21.4 Å². The molecule has 0 bridgehead atoms. The van der Waals surface area contributed by atoms with Gasteiger partial charge in [-0.25, -0.2) is 4.79 Å². The number of imide groups is 1. The second-order valence-corrected chi connectivity index (χ2v) is 7.83. The lowest BCUT2D eigenvalue weighted by Gasteiger charge is -2.22. The van der Waals surface area contributed by atoms with Crippen LogP contribution in [0.1, 0.15) is 40.6 Å². The number of hydrogen-bond acceptors (Lipinski definition) is 4. The topological polar surface area (TPSA) is 78.5 Å². The molecule has 4 rings (SSSR count). The first-order valence-corrected chi connectivity index (χ1v) is 8.88. The zero-order chi connectivity index (χ0) is 16.2. The van der Waals surface area contributed by atoms with Gasteiger partial charge in [0.2, 0.25) is 0 Å². The summed E-state index contributed by atoms with van der Waals surface area (Å²) in [6.45, 7) is 2.99. The Morgan fingerprint density at radius 2 is 2.26 bits per heavy atom. The van der Waals surface area contributed by atoms with E-state index >= 15 is 0 Å². The second-order valence-electron chi connectivity index (χ2n) is 6.87. The van der Waals surface area contributed by atoms with E-state index in [-0.39, 0.29) is 18.4 Å². The minimum atomic E-state index is -0.933. The first-order valence-electron chi connectivity index (χ1n) is 8.00. The number of nitrogens with zero attached hydrogens (tertiary/aromatic N) is 1. The van der Waals surface area contributed by atoms with E-state index in [0.717, 1.165) is 24.8 Å². The molecule has 2 fully saturated rings. The maximum Gasteiger partial charge on any atom is 0.322 e. The maximum absolute atomic E-state index is 12.9. The number of nitrogens with one attached hydrogen (secondary N) is 2. The molecule has 0 saturated carbocycles. The highest BCUT2D eigenvalue weighted by molar-refractivity contribution is 7.10. The third-order valence-electron chi connectivity index (χ3n) is 5.20. The molecule has 2 atom stereocenters. The number of thiophene rings is 1. The number of likely N-dealkylation sites (tertiary alicyclic amines) is 1. The molecule has 3 aliphatic rings. The number of carbonyl (C=O) groups excluding carboxylic acids is 3. The van der Waals surface area contributed by atoms with Crippen LogP contribution in [0.3, 0.4) is 0 Å². The van der Waals surface area contributed by atoms with Gasteiger partial charge in [-0.05, 0) is 37.2 Å². The molecule has 3 heterocycles. The highest BCUT2D eigenvalue weighted by Crippen LogP contribution is 2.34. The summed E-state index contributed by atoms with van der Waals surface area (Å²) in [5.41, 5.74) is 1.05. The molecule has 1 aliphatic carbocycles. The van der Waals surface area contributed by atoms with E-state index in [2.05, 4.69) is 17.6 Å². The number of amides is 4. The summed E-state index contributed by atoms with van der Waals surface area (Å²) in [5.74, 6) is 0.346. The van der Waals surface area contributed by atoms with Crippen molar-refractivity contribution in [2.24, 2.45) is 5.92 Å². The molecule has 0 unspecified atom stereocenters. The van der Waals surface area contributed by atoms with E-state index in [1.165, 1.54) is 10.4 Å². The van der Waals surface area contributed by atoms with Crippen molar-refractivity contribution >= 4 is 29.2 Å². The minimum absolute atomic E-state index is 0.0112. The van der Waals surface area contributed by atoms with Crippen LogP contribution in [0.2, 0.25) is 0 Å². The van der Waals surface area contributed by atoms with Crippen LogP contribution in [0.15, 0.2) is 5.38 Å². The van der Waals surface area contributed by atoms with Gasteiger partial charge in [0.25, 0.3) is 11.8 Å². The highest BCUT2D eigenvalue weighted by atomic mass is 32.1. The van der Waals surface area contributed by atoms with Gasteiger partial charge in [-0.1, -0.05) is 6.92 Å². The Morgan fingerprint density at radius 3 is 3.00 bits per heavy atom. The van der Waals surface area contributed by atoms with Crippen LogP contribution in [0.5, 0.6) is 0 Å². The van der Waals surface area contributed by atoms with Gasteiger partial charge in [0.15, 0.2) is 0 Å². The lowest BCUT2D eigenvalue weighted by Crippen LogP contribution is -2.49. The molecule has 0 aromatic carbocycles. The molecule has 2 aliphatic heterocycles. The van der Waals surface area contributed by atoms with Crippen molar-refractivity contribution < 1.29 is 14.4 Å². The van der Waals surface area contributed by atoms with Crippen LogP contribution in [0, 0.1) is 5.92 Å². The van der Waals surface area contributed by atoms with Crippen LogP contribution in [0.4, 0.5) is 4.79 Å². The van der Waals surface area contributed by atoms with Crippen LogP contribution < -0.4 is 10.6 Å². The lowest BCUT2D eigenvalue weighted by molar-refractivity contribution is -0.123. The van der Waals surface area contributed by atoms with Gasteiger partial charge < -0.3 is 10.2 Å². The normalized spacial score (nSPS) is 29.6. The van der Waals surface area contributed by atoms with E-state index in [0.29, 0.717) is 18.9 Å². The third kappa shape index (κ3) is 2.25. The number of urea groups is 1. The summed E-state index contributed by atoms with van der Waals surface area (Å²) in [5, 5.41) is 6.92. The van der Waals surface area contributed by atoms with E-state index in [9.17, 15) is 14.4 Å². The molecule has 4 amide bonds. The van der Waals surface area contributed by atoms with Crippen molar-refractivity contribution in [2.75, 3.05) is 13.1 Å². The molecular weight excluding hydrogens is 314 g/mol. The summed E-state index contributed by atoms with van der Waals surface area (Å²) >= 11 is 1.67. The molecule has 1 spiro atoms. The molecule has 122 valence electrons. The van der Waals surface area contributed by atoms with Crippen LogP contribution >= 0.6 is 11.3 Å². The maximum atomic E-state index is 12.9. The average molecular weight is 333 g/mol. The summed E-state index contributed by atoms with van der Waals surface area (Å²) < 4.78 is 0. The van der Waals surface area contributed by atoms with E-state index in [1.807, 2.05) is 5.38 Å². The van der Waals surface area contributed by atoms with Crippen LogP contribution in [-0.4, -0.2) is 41.4 Å². The van der Waals surface area contributed by atoms with Gasteiger partial charge in [-0.2, -0.15) is 0 Å². The Hall–Kier alpha value is -1.89. The van der Waals surface area contributed by atoms with Gasteiger partial charge in [0, 0.05) is 16.8 Å². The van der Waals surface area contributed by atoms with E-state index < -0.39 is 11.6 Å². The predicted octanol–water partition coefficient (Wildman–Crippen LogP) is 1.30. The second kappa shape index (κ2) is 5.06. The van der Waals surface area contributed by atoms with Crippen molar-refractivity contribution in [1.29, 1.82) is 0 Å². The SMILES string of the molecule is C[C@H]1CCc2c(C(=O)N3CC[C@]4(C3)NC(=O)NC4=O)csc2C1.